The Morgan fingerprint density at radius 3 is 2.56 bits per heavy atom. The third-order valence-corrected chi connectivity index (χ3v) is 4.74. The molecule has 2 atom stereocenters. The molecule has 1 aromatic carbocycles. The standard InChI is InChI=1S/C15H21BrFN/c1-10(12-5-3-4-6-12)18-11(2)14-8-7-13(17)9-15(14)16/h7-12,18H,3-6H2,1-2H3. The zero-order valence-electron chi connectivity index (χ0n) is 11.0. The Hall–Kier alpha value is -0.410. The van der Waals surface area contributed by atoms with Gasteiger partial charge in [-0.25, -0.2) is 4.39 Å². The normalized spacial score (nSPS) is 20.0. The molecule has 1 fully saturated rings. The van der Waals surface area contributed by atoms with Crippen LogP contribution in [0.5, 0.6) is 0 Å². The van der Waals surface area contributed by atoms with Crippen LogP contribution in [0.15, 0.2) is 22.7 Å². The van der Waals surface area contributed by atoms with Gasteiger partial charge in [0.25, 0.3) is 0 Å². The molecule has 100 valence electrons. The van der Waals surface area contributed by atoms with Gasteiger partial charge < -0.3 is 5.32 Å². The van der Waals surface area contributed by atoms with Crippen LogP contribution in [0.4, 0.5) is 4.39 Å². The summed E-state index contributed by atoms with van der Waals surface area (Å²) in [6, 6.07) is 5.69. The lowest BCUT2D eigenvalue weighted by Gasteiger charge is -2.25. The Bertz CT molecular complexity index is 401. The SMILES string of the molecule is CC(NC(C)C1CCCC1)c1ccc(F)cc1Br. The Morgan fingerprint density at radius 1 is 1.28 bits per heavy atom. The largest absolute Gasteiger partial charge is 0.307 e. The van der Waals surface area contributed by atoms with Crippen LogP contribution in [0.2, 0.25) is 0 Å². The van der Waals surface area contributed by atoms with E-state index in [9.17, 15) is 4.39 Å². The summed E-state index contributed by atoms with van der Waals surface area (Å²) in [5, 5.41) is 3.65. The highest BCUT2D eigenvalue weighted by Crippen LogP contribution is 2.30. The van der Waals surface area contributed by atoms with E-state index in [2.05, 4.69) is 35.1 Å². The van der Waals surface area contributed by atoms with Crippen LogP contribution >= 0.6 is 15.9 Å². The molecular formula is C15H21BrFN. The third kappa shape index (κ3) is 3.33. The summed E-state index contributed by atoms with van der Waals surface area (Å²) < 4.78 is 13.9. The number of halogens is 2. The lowest BCUT2D eigenvalue weighted by atomic mass is 9.98. The molecule has 1 N–H and O–H groups in total. The van der Waals surface area contributed by atoms with Crippen molar-refractivity contribution in [2.24, 2.45) is 5.92 Å². The Balaban J connectivity index is 2.00. The van der Waals surface area contributed by atoms with E-state index in [4.69, 9.17) is 0 Å². The van der Waals surface area contributed by atoms with Crippen molar-refractivity contribution in [3.05, 3.63) is 34.1 Å². The Kier molecular flexibility index (Phi) is 4.79. The highest BCUT2D eigenvalue weighted by Gasteiger charge is 2.23. The van der Waals surface area contributed by atoms with Gasteiger partial charge in [-0.1, -0.05) is 34.8 Å². The van der Waals surface area contributed by atoms with E-state index in [1.165, 1.54) is 37.8 Å². The molecule has 0 saturated heterocycles. The summed E-state index contributed by atoms with van der Waals surface area (Å²) >= 11 is 3.44. The highest BCUT2D eigenvalue weighted by molar-refractivity contribution is 9.10. The second kappa shape index (κ2) is 6.16. The summed E-state index contributed by atoms with van der Waals surface area (Å²) in [5.41, 5.74) is 1.13. The van der Waals surface area contributed by atoms with Gasteiger partial charge in [0.05, 0.1) is 0 Å². The van der Waals surface area contributed by atoms with Crippen LogP contribution in [-0.2, 0) is 0 Å². The number of hydrogen-bond donors (Lipinski definition) is 1. The number of nitrogens with one attached hydrogen (secondary N) is 1. The minimum atomic E-state index is -0.193. The van der Waals surface area contributed by atoms with E-state index in [0.29, 0.717) is 6.04 Å². The van der Waals surface area contributed by atoms with Gasteiger partial charge in [-0.15, -0.1) is 0 Å². The summed E-state index contributed by atoms with van der Waals surface area (Å²) in [5.74, 6) is 0.605. The first kappa shape index (κ1) is 14.0. The van der Waals surface area contributed by atoms with Gasteiger partial charge in [-0.3, -0.25) is 0 Å². The molecule has 3 heteroatoms. The van der Waals surface area contributed by atoms with E-state index < -0.39 is 0 Å². The molecule has 0 amide bonds. The average molecular weight is 314 g/mol. The molecular weight excluding hydrogens is 293 g/mol. The minimum Gasteiger partial charge on any atom is -0.307 e. The Morgan fingerprint density at radius 2 is 1.94 bits per heavy atom. The van der Waals surface area contributed by atoms with Gasteiger partial charge >= 0.3 is 0 Å². The molecule has 2 unspecified atom stereocenters. The van der Waals surface area contributed by atoms with Crippen LogP contribution in [0, 0.1) is 11.7 Å². The molecule has 18 heavy (non-hydrogen) atoms. The minimum absolute atomic E-state index is 0.193. The van der Waals surface area contributed by atoms with E-state index in [1.54, 1.807) is 0 Å². The van der Waals surface area contributed by atoms with Crippen molar-refractivity contribution < 1.29 is 4.39 Å². The van der Waals surface area contributed by atoms with Crippen LogP contribution in [-0.4, -0.2) is 6.04 Å². The highest BCUT2D eigenvalue weighted by atomic mass is 79.9. The number of benzene rings is 1. The maximum Gasteiger partial charge on any atom is 0.124 e. The average Bonchev–Trinajstić information content (AvgIpc) is 2.81. The molecule has 0 aliphatic heterocycles. The fraction of sp³-hybridized carbons (Fsp3) is 0.600. The maximum atomic E-state index is 13.1. The van der Waals surface area contributed by atoms with Crippen molar-refractivity contribution in [1.29, 1.82) is 0 Å². The van der Waals surface area contributed by atoms with E-state index in [-0.39, 0.29) is 11.9 Å². The lowest BCUT2D eigenvalue weighted by Crippen LogP contribution is -2.34. The molecule has 0 aromatic heterocycles. The second-order valence-corrected chi connectivity index (χ2v) is 6.24. The number of rotatable bonds is 4. The summed E-state index contributed by atoms with van der Waals surface area (Å²) in [4.78, 5) is 0. The lowest BCUT2D eigenvalue weighted by molar-refractivity contribution is 0.352. The first-order chi connectivity index (χ1) is 8.58. The van der Waals surface area contributed by atoms with Crippen molar-refractivity contribution in [2.45, 2.75) is 51.6 Å². The molecule has 1 nitrogen and oxygen atoms in total. The van der Waals surface area contributed by atoms with Crippen molar-refractivity contribution in [2.75, 3.05) is 0 Å². The number of hydrogen-bond acceptors (Lipinski definition) is 1. The molecule has 1 aliphatic rings. The van der Waals surface area contributed by atoms with Crippen molar-refractivity contribution in [3.63, 3.8) is 0 Å². The van der Waals surface area contributed by atoms with Crippen LogP contribution < -0.4 is 5.32 Å². The van der Waals surface area contributed by atoms with Crippen molar-refractivity contribution in [1.82, 2.24) is 5.32 Å². The van der Waals surface area contributed by atoms with E-state index >= 15 is 0 Å². The van der Waals surface area contributed by atoms with Gasteiger partial charge in [0.1, 0.15) is 5.82 Å². The topological polar surface area (TPSA) is 12.0 Å². The Labute approximate surface area is 117 Å². The maximum absolute atomic E-state index is 13.1. The van der Waals surface area contributed by atoms with Gasteiger partial charge in [0.2, 0.25) is 0 Å². The van der Waals surface area contributed by atoms with Gasteiger partial charge in [0.15, 0.2) is 0 Å². The third-order valence-electron chi connectivity index (χ3n) is 4.05. The zero-order valence-corrected chi connectivity index (χ0v) is 12.6. The molecule has 0 radical (unpaired) electrons. The van der Waals surface area contributed by atoms with E-state index in [0.717, 1.165) is 16.0 Å². The van der Waals surface area contributed by atoms with Crippen LogP contribution in [0.25, 0.3) is 0 Å². The van der Waals surface area contributed by atoms with Gasteiger partial charge in [0, 0.05) is 16.6 Å². The first-order valence-electron chi connectivity index (χ1n) is 6.79. The summed E-state index contributed by atoms with van der Waals surface area (Å²) in [6.45, 7) is 4.41. The van der Waals surface area contributed by atoms with Crippen LogP contribution in [0.1, 0.15) is 51.1 Å². The first-order valence-corrected chi connectivity index (χ1v) is 7.58. The predicted molar refractivity (Wildman–Crippen MR) is 77.1 cm³/mol. The smallest absolute Gasteiger partial charge is 0.124 e. The van der Waals surface area contributed by atoms with Crippen molar-refractivity contribution in [3.8, 4) is 0 Å². The van der Waals surface area contributed by atoms with Gasteiger partial charge in [-0.05, 0) is 50.3 Å². The summed E-state index contributed by atoms with van der Waals surface area (Å²) in [6.07, 6.45) is 5.41. The van der Waals surface area contributed by atoms with Crippen molar-refractivity contribution >= 4 is 15.9 Å². The molecule has 1 aliphatic carbocycles. The molecule has 0 heterocycles. The molecule has 1 saturated carbocycles. The zero-order chi connectivity index (χ0) is 13.1. The van der Waals surface area contributed by atoms with Gasteiger partial charge in [-0.2, -0.15) is 0 Å². The van der Waals surface area contributed by atoms with Crippen LogP contribution in [0.3, 0.4) is 0 Å². The molecule has 2 rings (SSSR count). The fourth-order valence-corrected chi connectivity index (χ4v) is 3.62. The molecule has 1 aromatic rings. The van der Waals surface area contributed by atoms with E-state index in [1.807, 2.05) is 6.07 Å². The quantitative estimate of drug-likeness (QED) is 0.840. The predicted octanol–water partition coefficient (Wildman–Crippen LogP) is 4.82. The molecule has 0 spiro atoms. The monoisotopic (exact) mass is 313 g/mol. The molecule has 0 bridgehead atoms. The summed E-state index contributed by atoms with van der Waals surface area (Å²) in [7, 11) is 0. The second-order valence-electron chi connectivity index (χ2n) is 5.39. The fourth-order valence-electron chi connectivity index (χ4n) is 2.93.